The Balaban J connectivity index is 1.97. The molecule has 1 heterocycles. The number of nitrogens with zero attached hydrogens (tertiary/aromatic N) is 1. The zero-order valence-corrected chi connectivity index (χ0v) is 9.53. The third-order valence-corrected chi connectivity index (χ3v) is 3.39. The highest BCUT2D eigenvalue weighted by Gasteiger charge is 2.26. The van der Waals surface area contributed by atoms with Gasteiger partial charge < -0.3 is 4.74 Å². The lowest BCUT2D eigenvalue weighted by Gasteiger charge is -2.29. The maximum Gasteiger partial charge on any atom is 0.178 e. The zero-order valence-electron chi connectivity index (χ0n) is 9.53. The van der Waals surface area contributed by atoms with Gasteiger partial charge in [0.15, 0.2) is 6.73 Å². The lowest BCUT2D eigenvalue weighted by molar-refractivity contribution is 0.186. The molecule has 1 aliphatic carbocycles. The molecule has 0 N–H and O–H groups in total. The predicted octanol–water partition coefficient (Wildman–Crippen LogP) is 3.41. The van der Waals surface area contributed by atoms with Crippen molar-refractivity contribution in [3.63, 3.8) is 0 Å². The van der Waals surface area contributed by atoms with Crippen LogP contribution in [0, 0.1) is 5.82 Å². The summed E-state index contributed by atoms with van der Waals surface area (Å²) in [4.78, 5) is 4.14. The third kappa shape index (κ3) is 1.97. The van der Waals surface area contributed by atoms with Crippen molar-refractivity contribution in [2.24, 2.45) is 4.99 Å². The van der Waals surface area contributed by atoms with Crippen molar-refractivity contribution < 1.29 is 9.13 Å². The van der Waals surface area contributed by atoms with E-state index in [1.165, 1.54) is 17.7 Å². The molecule has 88 valence electrons. The van der Waals surface area contributed by atoms with E-state index < -0.39 is 0 Å². The number of allylic oxidation sites excluding steroid dienone is 2. The van der Waals surface area contributed by atoms with Gasteiger partial charge in [-0.25, -0.2) is 4.39 Å². The van der Waals surface area contributed by atoms with Gasteiger partial charge in [-0.2, -0.15) is 0 Å². The molecule has 1 aliphatic heterocycles. The summed E-state index contributed by atoms with van der Waals surface area (Å²) in [5.74, 6) is 1.12. The molecule has 3 heteroatoms. The second-order valence-corrected chi connectivity index (χ2v) is 4.47. The highest BCUT2D eigenvalue weighted by molar-refractivity contribution is 5.80. The van der Waals surface area contributed by atoms with Crippen molar-refractivity contribution in [1.29, 1.82) is 0 Å². The molecule has 0 aromatic heterocycles. The van der Waals surface area contributed by atoms with E-state index in [1.807, 2.05) is 18.3 Å². The van der Waals surface area contributed by atoms with Crippen molar-refractivity contribution in [2.45, 2.75) is 25.2 Å². The van der Waals surface area contributed by atoms with Crippen LogP contribution in [0.3, 0.4) is 0 Å². The SMILES string of the molecule is Fc1ccc(C2CCCC3=C2OCN=C3)cc1. The Morgan fingerprint density at radius 1 is 1.24 bits per heavy atom. The van der Waals surface area contributed by atoms with Gasteiger partial charge in [0.1, 0.15) is 11.6 Å². The van der Waals surface area contributed by atoms with Crippen LogP contribution in [0.25, 0.3) is 0 Å². The van der Waals surface area contributed by atoms with E-state index in [4.69, 9.17) is 4.74 Å². The molecule has 1 unspecified atom stereocenters. The van der Waals surface area contributed by atoms with Crippen LogP contribution < -0.4 is 0 Å². The summed E-state index contributed by atoms with van der Waals surface area (Å²) in [5, 5.41) is 0. The maximum atomic E-state index is 12.9. The van der Waals surface area contributed by atoms with E-state index in [9.17, 15) is 4.39 Å². The minimum absolute atomic E-state index is 0.190. The van der Waals surface area contributed by atoms with Crippen LogP contribution in [-0.4, -0.2) is 12.9 Å². The zero-order chi connectivity index (χ0) is 11.7. The molecular formula is C14H14FNO. The quantitative estimate of drug-likeness (QED) is 0.725. The molecule has 0 spiro atoms. The number of rotatable bonds is 1. The van der Waals surface area contributed by atoms with Crippen LogP contribution in [-0.2, 0) is 4.74 Å². The van der Waals surface area contributed by atoms with Crippen molar-refractivity contribution in [3.8, 4) is 0 Å². The molecule has 1 aromatic rings. The van der Waals surface area contributed by atoms with E-state index in [2.05, 4.69) is 4.99 Å². The summed E-state index contributed by atoms with van der Waals surface area (Å²) in [7, 11) is 0. The van der Waals surface area contributed by atoms with Crippen LogP contribution in [0.2, 0.25) is 0 Å². The molecule has 0 saturated heterocycles. The fourth-order valence-electron chi connectivity index (χ4n) is 2.56. The summed E-state index contributed by atoms with van der Waals surface area (Å²) < 4.78 is 18.6. The summed E-state index contributed by atoms with van der Waals surface area (Å²) in [5.41, 5.74) is 2.34. The largest absolute Gasteiger partial charge is 0.475 e. The van der Waals surface area contributed by atoms with Crippen LogP contribution in [0.4, 0.5) is 4.39 Å². The summed E-state index contributed by atoms with van der Waals surface area (Å²) >= 11 is 0. The fraction of sp³-hybridized carbons (Fsp3) is 0.357. The van der Waals surface area contributed by atoms with E-state index in [1.54, 1.807) is 0 Å². The summed E-state index contributed by atoms with van der Waals surface area (Å²) in [6, 6.07) is 6.73. The minimum Gasteiger partial charge on any atom is -0.475 e. The number of aliphatic imine (C=N–C) groups is 1. The number of benzene rings is 1. The highest BCUT2D eigenvalue weighted by Crippen LogP contribution is 2.38. The van der Waals surface area contributed by atoms with Gasteiger partial charge in [-0.05, 0) is 37.0 Å². The first-order chi connectivity index (χ1) is 8.34. The molecule has 2 aliphatic rings. The lowest BCUT2D eigenvalue weighted by atomic mass is 9.84. The number of ether oxygens (including phenoxy) is 1. The second-order valence-electron chi connectivity index (χ2n) is 4.47. The van der Waals surface area contributed by atoms with Gasteiger partial charge in [0, 0.05) is 17.7 Å². The monoisotopic (exact) mass is 231 g/mol. The predicted molar refractivity (Wildman–Crippen MR) is 64.5 cm³/mol. The molecule has 0 radical (unpaired) electrons. The molecule has 0 bridgehead atoms. The molecular weight excluding hydrogens is 217 g/mol. The Kier molecular flexibility index (Phi) is 2.67. The molecule has 0 saturated carbocycles. The Morgan fingerprint density at radius 2 is 2.06 bits per heavy atom. The van der Waals surface area contributed by atoms with E-state index in [0.717, 1.165) is 30.6 Å². The first-order valence-corrected chi connectivity index (χ1v) is 5.96. The standard InChI is InChI=1S/C14H14FNO/c15-12-6-4-10(5-7-12)13-3-1-2-11-8-16-9-17-14(11)13/h4-8,13H,1-3,9H2. The van der Waals surface area contributed by atoms with Gasteiger partial charge >= 0.3 is 0 Å². The van der Waals surface area contributed by atoms with Gasteiger partial charge in [-0.15, -0.1) is 0 Å². The number of hydrogen-bond donors (Lipinski definition) is 0. The molecule has 1 atom stereocenters. The average Bonchev–Trinajstić information content (AvgIpc) is 2.39. The topological polar surface area (TPSA) is 21.6 Å². The smallest absolute Gasteiger partial charge is 0.178 e. The van der Waals surface area contributed by atoms with Gasteiger partial charge in [0.2, 0.25) is 0 Å². The minimum atomic E-state index is -0.190. The number of hydrogen-bond acceptors (Lipinski definition) is 2. The lowest BCUT2D eigenvalue weighted by Crippen LogP contribution is -2.17. The van der Waals surface area contributed by atoms with E-state index in [0.29, 0.717) is 6.73 Å². The molecule has 0 amide bonds. The Bertz CT molecular complexity index is 476. The maximum absolute atomic E-state index is 12.9. The normalized spacial score (nSPS) is 23.2. The Labute approximate surface area is 99.8 Å². The van der Waals surface area contributed by atoms with Crippen molar-refractivity contribution in [2.75, 3.05) is 6.73 Å². The molecule has 0 fully saturated rings. The molecule has 2 nitrogen and oxygen atoms in total. The summed E-state index contributed by atoms with van der Waals surface area (Å²) in [6.07, 6.45) is 5.17. The van der Waals surface area contributed by atoms with Crippen LogP contribution in [0.15, 0.2) is 40.6 Å². The van der Waals surface area contributed by atoms with Gasteiger partial charge in [0.25, 0.3) is 0 Å². The molecule has 3 rings (SSSR count). The molecule has 17 heavy (non-hydrogen) atoms. The van der Waals surface area contributed by atoms with Crippen molar-refractivity contribution in [1.82, 2.24) is 0 Å². The molecule has 1 aromatic carbocycles. The number of halogens is 1. The first kappa shape index (κ1) is 10.5. The van der Waals surface area contributed by atoms with Crippen LogP contribution in [0.5, 0.6) is 0 Å². The van der Waals surface area contributed by atoms with Gasteiger partial charge in [-0.3, -0.25) is 4.99 Å². The van der Waals surface area contributed by atoms with Gasteiger partial charge in [0.05, 0.1) is 0 Å². The highest BCUT2D eigenvalue weighted by atomic mass is 19.1. The Hall–Kier alpha value is -1.64. The third-order valence-electron chi connectivity index (χ3n) is 3.39. The van der Waals surface area contributed by atoms with Crippen molar-refractivity contribution in [3.05, 3.63) is 47.0 Å². The van der Waals surface area contributed by atoms with Crippen molar-refractivity contribution >= 4 is 6.21 Å². The van der Waals surface area contributed by atoms with Crippen LogP contribution >= 0.6 is 0 Å². The second kappa shape index (κ2) is 4.32. The van der Waals surface area contributed by atoms with Crippen LogP contribution in [0.1, 0.15) is 30.7 Å². The van der Waals surface area contributed by atoms with E-state index in [-0.39, 0.29) is 11.7 Å². The Morgan fingerprint density at radius 3 is 2.88 bits per heavy atom. The van der Waals surface area contributed by atoms with Gasteiger partial charge in [-0.1, -0.05) is 12.1 Å². The summed E-state index contributed by atoms with van der Waals surface area (Å²) in [6.45, 7) is 0.413. The first-order valence-electron chi connectivity index (χ1n) is 5.96. The van der Waals surface area contributed by atoms with E-state index >= 15 is 0 Å². The average molecular weight is 231 g/mol. The fourth-order valence-corrected chi connectivity index (χ4v) is 2.56.